The third-order valence-electron chi connectivity index (χ3n) is 3.15. The van der Waals surface area contributed by atoms with Crippen LogP contribution >= 0.6 is 0 Å². The first-order valence-electron chi connectivity index (χ1n) is 5.91. The minimum atomic E-state index is -0.242. The van der Waals surface area contributed by atoms with E-state index in [0.717, 1.165) is 18.4 Å². The highest BCUT2D eigenvalue weighted by atomic mass is 19.1. The summed E-state index contributed by atoms with van der Waals surface area (Å²) in [5.74, 6) is 0.473. The molecule has 0 spiro atoms. The number of nitrogens with two attached hydrogens (primary N) is 1. The number of ether oxygens (including phenoxy) is 2. The van der Waals surface area contributed by atoms with E-state index in [1.165, 1.54) is 12.1 Å². The predicted molar refractivity (Wildman–Crippen MR) is 63.6 cm³/mol. The lowest BCUT2D eigenvalue weighted by molar-refractivity contribution is 0.0504. The van der Waals surface area contributed by atoms with Crippen LogP contribution in [0.25, 0.3) is 0 Å². The Hall–Kier alpha value is -1.13. The minimum absolute atomic E-state index is 0.124. The van der Waals surface area contributed by atoms with E-state index in [9.17, 15) is 4.39 Å². The Morgan fingerprint density at radius 1 is 1.41 bits per heavy atom. The summed E-state index contributed by atoms with van der Waals surface area (Å²) in [4.78, 5) is 0. The summed E-state index contributed by atoms with van der Waals surface area (Å²) in [6.45, 7) is 0.552. The summed E-state index contributed by atoms with van der Waals surface area (Å²) < 4.78 is 24.2. The van der Waals surface area contributed by atoms with E-state index in [0.29, 0.717) is 18.7 Å². The molecule has 0 aromatic heterocycles. The van der Waals surface area contributed by atoms with E-state index < -0.39 is 0 Å². The molecule has 1 heterocycles. The van der Waals surface area contributed by atoms with Crippen LogP contribution in [0.5, 0.6) is 5.75 Å². The molecule has 0 saturated carbocycles. The summed E-state index contributed by atoms with van der Waals surface area (Å²) in [6.07, 6.45) is 2.91. The van der Waals surface area contributed by atoms with Crippen molar-refractivity contribution in [3.05, 3.63) is 29.6 Å². The molecule has 0 unspecified atom stereocenters. The van der Waals surface area contributed by atoms with E-state index in [2.05, 4.69) is 0 Å². The number of halogens is 1. The van der Waals surface area contributed by atoms with Crippen molar-refractivity contribution >= 4 is 0 Å². The molecule has 1 aromatic carbocycles. The van der Waals surface area contributed by atoms with Crippen molar-refractivity contribution in [1.82, 2.24) is 0 Å². The fourth-order valence-electron chi connectivity index (χ4n) is 2.26. The zero-order valence-electron chi connectivity index (χ0n) is 9.99. The van der Waals surface area contributed by atoms with Gasteiger partial charge in [-0.05, 0) is 36.6 Å². The van der Waals surface area contributed by atoms with Gasteiger partial charge < -0.3 is 15.2 Å². The Kier molecular flexibility index (Phi) is 3.97. The molecule has 17 heavy (non-hydrogen) atoms. The van der Waals surface area contributed by atoms with Gasteiger partial charge in [0, 0.05) is 13.0 Å². The number of benzene rings is 1. The smallest absolute Gasteiger partial charge is 0.123 e. The standard InChI is InChI=1S/C13H18FNO2/c1-16-13-5-2-10(14)6-9(13)7-11-3-4-12(8-15)17-11/h2,5-6,11-12H,3-4,7-8,15H2,1H3/t11-,12-/m0/s1. The molecule has 2 atom stereocenters. The van der Waals surface area contributed by atoms with Crippen molar-refractivity contribution in [2.45, 2.75) is 31.5 Å². The summed E-state index contributed by atoms with van der Waals surface area (Å²) in [6, 6.07) is 4.57. The second-order valence-electron chi connectivity index (χ2n) is 4.35. The highest BCUT2D eigenvalue weighted by Gasteiger charge is 2.25. The van der Waals surface area contributed by atoms with Crippen LogP contribution < -0.4 is 10.5 Å². The van der Waals surface area contributed by atoms with E-state index >= 15 is 0 Å². The van der Waals surface area contributed by atoms with Gasteiger partial charge in [-0.1, -0.05) is 0 Å². The maximum absolute atomic E-state index is 13.2. The van der Waals surface area contributed by atoms with Gasteiger partial charge in [0.25, 0.3) is 0 Å². The highest BCUT2D eigenvalue weighted by Crippen LogP contribution is 2.27. The van der Waals surface area contributed by atoms with Crippen LogP contribution in [0.1, 0.15) is 18.4 Å². The van der Waals surface area contributed by atoms with Crippen molar-refractivity contribution in [1.29, 1.82) is 0 Å². The Bertz CT molecular complexity index is 384. The first-order chi connectivity index (χ1) is 8.22. The van der Waals surface area contributed by atoms with Gasteiger partial charge in [0.15, 0.2) is 0 Å². The van der Waals surface area contributed by atoms with Gasteiger partial charge in [-0.15, -0.1) is 0 Å². The van der Waals surface area contributed by atoms with E-state index in [1.54, 1.807) is 13.2 Å². The fourth-order valence-corrected chi connectivity index (χ4v) is 2.26. The molecule has 0 amide bonds. The van der Waals surface area contributed by atoms with Crippen LogP contribution in [0.4, 0.5) is 4.39 Å². The quantitative estimate of drug-likeness (QED) is 0.872. The van der Waals surface area contributed by atoms with E-state index in [-0.39, 0.29) is 18.0 Å². The summed E-state index contributed by atoms with van der Waals surface area (Å²) >= 11 is 0. The second-order valence-corrected chi connectivity index (χ2v) is 4.35. The second kappa shape index (κ2) is 5.47. The lowest BCUT2D eigenvalue weighted by Crippen LogP contribution is -2.21. The predicted octanol–water partition coefficient (Wildman–Crippen LogP) is 1.88. The first-order valence-corrected chi connectivity index (χ1v) is 5.91. The number of rotatable bonds is 4. The Morgan fingerprint density at radius 2 is 2.18 bits per heavy atom. The Morgan fingerprint density at radius 3 is 2.82 bits per heavy atom. The molecule has 94 valence electrons. The van der Waals surface area contributed by atoms with Gasteiger partial charge >= 0.3 is 0 Å². The minimum Gasteiger partial charge on any atom is -0.496 e. The van der Waals surface area contributed by atoms with Crippen molar-refractivity contribution in [3.63, 3.8) is 0 Å². The van der Waals surface area contributed by atoms with Crippen molar-refractivity contribution in [3.8, 4) is 5.75 Å². The zero-order valence-corrected chi connectivity index (χ0v) is 9.99. The Balaban J connectivity index is 2.05. The molecule has 2 N–H and O–H groups in total. The van der Waals surface area contributed by atoms with Gasteiger partial charge in [-0.25, -0.2) is 4.39 Å². The lowest BCUT2D eigenvalue weighted by Gasteiger charge is -2.14. The molecule has 2 rings (SSSR count). The summed E-state index contributed by atoms with van der Waals surface area (Å²) in [5, 5.41) is 0. The van der Waals surface area contributed by atoms with Gasteiger partial charge in [-0.3, -0.25) is 0 Å². The van der Waals surface area contributed by atoms with Gasteiger partial charge in [0.05, 0.1) is 19.3 Å². The number of methoxy groups -OCH3 is 1. The topological polar surface area (TPSA) is 44.5 Å². The molecular formula is C13H18FNO2. The summed E-state index contributed by atoms with van der Waals surface area (Å²) in [7, 11) is 1.59. The van der Waals surface area contributed by atoms with Crippen LogP contribution in [0, 0.1) is 5.82 Å². The third-order valence-corrected chi connectivity index (χ3v) is 3.15. The largest absolute Gasteiger partial charge is 0.496 e. The van der Waals surface area contributed by atoms with Crippen molar-refractivity contribution in [2.24, 2.45) is 5.73 Å². The normalized spacial score (nSPS) is 23.9. The van der Waals surface area contributed by atoms with Crippen molar-refractivity contribution < 1.29 is 13.9 Å². The molecule has 1 aromatic rings. The third kappa shape index (κ3) is 2.96. The molecule has 0 radical (unpaired) electrons. The van der Waals surface area contributed by atoms with E-state index in [4.69, 9.17) is 15.2 Å². The molecule has 3 nitrogen and oxygen atoms in total. The maximum atomic E-state index is 13.2. The number of hydrogen-bond acceptors (Lipinski definition) is 3. The van der Waals surface area contributed by atoms with Crippen LogP contribution in [0.3, 0.4) is 0 Å². The zero-order chi connectivity index (χ0) is 12.3. The van der Waals surface area contributed by atoms with Gasteiger partial charge in [0.2, 0.25) is 0 Å². The molecule has 1 fully saturated rings. The van der Waals surface area contributed by atoms with Crippen molar-refractivity contribution in [2.75, 3.05) is 13.7 Å². The Labute approximate surface area is 101 Å². The molecule has 4 heteroatoms. The molecule has 1 saturated heterocycles. The van der Waals surface area contributed by atoms with Crippen LogP contribution in [0.15, 0.2) is 18.2 Å². The van der Waals surface area contributed by atoms with Crippen LogP contribution in [-0.2, 0) is 11.2 Å². The molecule has 1 aliphatic heterocycles. The fraction of sp³-hybridized carbons (Fsp3) is 0.538. The van der Waals surface area contributed by atoms with Crippen LogP contribution in [-0.4, -0.2) is 25.9 Å². The molecular weight excluding hydrogens is 221 g/mol. The average molecular weight is 239 g/mol. The molecule has 1 aliphatic rings. The van der Waals surface area contributed by atoms with Gasteiger partial charge in [0.1, 0.15) is 11.6 Å². The SMILES string of the molecule is COc1ccc(F)cc1C[C@@H]1CC[C@@H](CN)O1. The maximum Gasteiger partial charge on any atom is 0.123 e. The number of hydrogen-bond donors (Lipinski definition) is 1. The molecule has 0 aliphatic carbocycles. The monoisotopic (exact) mass is 239 g/mol. The average Bonchev–Trinajstić information content (AvgIpc) is 2.77. The van der Waals surface area contributed by atoms with Crippen LogP contribution in [0.2, 0.25) is 0 Å². The van der Waals surface area contributed by atoms with Gasteiger partial charge in [-0.2, -0.15) is 0 Å². The molecule has 0 bridgehead atoms. The summed E-state index contributed by atoms with van der Waals surface area (Å²) in [5.41, 5.74) is 6.42. The highest BCUT2D eigenvalue weighted by molar-refractivity contribution is 5.34. The first kappa shape index (κ1) is 12.3. The van der Waals surface area contributed by atoms with E-state index in [1.807, 2.05) is 0 Å². The lowest BCUT2D eigenvalue weighted by atomic mass is 10.0.